The van der Waals surface area contributed by atoms with Crippen molar-refractivity contribution >= 4 is 107 Å². The number of nitrogens with zero attached hydrogens (tertiary/aromatic N) is 12. The lowest BCUT2D eigenvalue weighted by Gasteiger charge is -2.14. The molecule has 3 aromatic rings. The molecule has 0 saturated heterocycles. The Labute approximate surface area is 615 Å². The minimum absolute atomic E-state index is 0.0753. The highest BCUT2D eigenvalue weighted by molar-refractivity contribution is 6.18. The van der Waals surface area contributed by atoms with E-state index < -0.39 is 5.97 Å². The van der Waals surface area contributed by atoms with E-state index in [0.29, 0.717) is 63.5 Å². The zero-order valence-electron chi connectivity index (χ0n) is 62.2. The van der Waals surface area contributed by atoms with Gasteiger partial charge in [-0.2, -0.15) is 15.0 Å². The van der Waals surface area contributed by atoms with Crippen LogP contribution in [0.3, 0.4) is 0 Å². The lowest BCUT2D eigenvalue weighted by Crippen LogP contribution is -2.08. The summed E-state index contributed by atoms with van der Waals surface area (Å²) < 4.78 is 4.43. The third kappa shape index (κ3) is 106. The number of hydrogen-bond donors (Lipinski definition) is 0. The quantitative estimate of drug-likeness (QED) is 0.0132. The number of alkyl halides is 1. The van der Waals surface area contributed by atoms with E-state index in [9.17, 15) is 52.7 Å². The molecule has 566 valence electrons. The summed E-state index contributed by atoms with van der Waals surface area (Å²) in [5.74, 6) is -0.101. The summed E-state index contributed by atoms with van der Waals surface area (Å²) in [6, 6.07) is 23.4. The number of carbonyl (C=O) groups excluding carboxylic acids is 13. The molecule has 103 heavy (non-hydrogen) atoms. The Morgan fingerprint density at radius 3 is 1.31 bits per heavy atom. The minimum atomic E-state index is -0.499. The van der Waals surface area contributed by atoms with Gasteiger partial charge >= 0.3 is 5.97 Å². The van der Waals surface area contributed by atoms with E-state index in [1.54, 1.807) is 44.2 Å². The fraction of sp³-hybridized carbons (Fsp3) is 0.592. The zero-order valence-corrected chi connectivity index (χ0v) is 63.0. The first-order valence-electron chi connectivity index (χ1n) is 34.5. The molecule has 1 aliphatic rings. The number of carbonyl (C=O) groups is 1. The Morgan fingerprint density at radius 1 is 0.485 bits per heavy atom. The zero-order chi connectivity index (χ0) is 78.8. The number of ether oxygens (including phenoxy) is 1. The number of aliphatic imine (C=N–C) groups is 12. The maximum absolute atomic E-state index is 10.3. The van der Waals surface area contributed by atoms with Crippen LogP contribution in [0.1, 0.15) is 221 Å². The van der Waals surface area contributed by atoms with E-state index in [2.05, 4.69) is 85.1 Å². The predicted octanol–water partition coefficient (Wildman–Crippen LogP) is 17.0. The minimum Gasteiger partial charge on any atom is -0.465 e. The molecule has 1 fully saturated rings. The monoisotopic (exact) mass is 1450 g/mol. The number of unbranched alkanes of at least 4 members (excludes halogenated alkanes) is 16. The van der Waals surface area contributed by atoms with Gasteiger partial charge in [0.2, 0.25) is 73.0 Å². The van der Waals surface area contributed by atoms with Crippen LogP contribution in [0.4, 0.5) is 5.69 Å². The molecule has 1 aliphatic carbocycles. The number of rotatable bonds is 35. The number of fused-ring (bicyclic) bond motifs is 1. The predicted molar refractivity (Wildman–Crippen MR) is 406 cm³/mol. The number of esters is 1. The third-order valence-electron chi connectivity index (χ3n) is 12.3. The largest absolute Gasteiger partial charge is 0.465 e. The molecular formula is C76H111ClN12O14. The fourth-order valence-electron chi connectivity index (χ4n) is 7.41. The van der Waals surface area contributed by atoms with Crippen molar-refractivity contribution in [1.82, 2.24) is 0 Å². The van der Waals surface area contributed by atoms with Gasteiger partial charge in [0.05, 0.1) is 63.1 Å². The van der Waals surface area contributed by atoms with Gasteiger partial charge in [-0.25, -0.2) is 102 Å². The van der Waals surface area contributed by atoms with Crippen LogP contribution in [0, 0.1) is 0 Å². The van der Waals surface area contributed by atoms with E-state index >= 15 is 0 Å². The van der Waals surface area contributed by atoms with E-state index in [0.717, 1.165) is 54.9 Å². The molecule has 0 N–H and O–H groups in total. The molecule has 0 heterocycles. The van der Waals surface area contributed by atoms with E-state index in [1.807, 2.05) is 94.4 Å². The van der Waals surface area contributed by atoms with Crippen molar-refractivity contribution in [2.75, 3.05) is 65.3 Å². The van der Waals surface area contributed by atoms with Gasteiger partial charge < -0.3 is 4.74 Å². The van der Waals surface area contributed by atoms with Crippen molar-refractivity contribution in [3.8, 4) is 0 Å². The number of hydrogen-bond acceptors (Lipinski definition) is 26. The van der Waals surface area contributed by atoms with E-state index in [4.69, 9.17) is 21.2 Å². The number of benzene rings is 3. The molecule has 0 aliphatic heterocycles. The van der Waals surface area contributed by atoms with Gasteiger partial charge in [0, 0.05) is 24.9 Å². The van der Waals surface area contributed by atoms with Crippen LogP contribution < -0.4 is 0 Å². The highest BCUT2D eigenvalue weighted by Gasteiger charge is 2.10. The van der Waals surface area contributed by atoms with Crippen LogP contribution in [0.15, 0.2) is 145 Å². The standard InChI is InChI=1S/C19H37NO.C11H7NO.C9H9NO.C7H11NO.C5H7NO3.C5H9NO.2C4H7NO.C4H5NO.C3H4ClNO.C3H5NO.C2H3NO/c1-2-3-4-5-6-7-8-9-10-11-12-13-14-15-16-17-18-20-19-21;13-8-12-11-7-3-5-9-4-1-2-6-10(9)11;1-8(10-7-11)9-5-3-2-4-6-9;9-6-8-7-4-2-1-3-5-7;1-2-9-5(8)3-6-4-7;1-2-3-4-6-5-7;1-4(2)5-3-6;2*1-2-3-5-4-6;4-1-2-5-3-6;1-2-4-3-5;1-3-2-4/h2-18H2,1H3;1-7H;2-6,8H,1H3;7H,1-5H2;2-3H2,1H3;2-4H2,1H3;4H,1-2H3;2-3H2,1H3;2H,1,3H2;1-2H2;2H2,1H3;1H3/t;;8-;;;;;;;;;/m..0........./s1. The molecule has 0 aromatic heterocycles. The van der Waals surface area contributed by atoms with Gasteiger partial charge in [0.15, 0.2) is 0 Å². The molecular weight excluding hydrogens is 1340 g/mol. The van der Waals surface area contributed by atoms with Crippen LogP contribution in [-0.4, -0.2) is 156 Å². The first-order valence-corrected chi connectivity index (χ1v) is 35.1. The molecule has 0 spiro atoms. The van der Waals surface area contributed by atoms with Crippen molar-refractivity contribution in [3.63, 3.8) is 0 Å². The summed E-state index contributed by atoms with van der Waals surface area (Å²) >= 11 is 5.11. The highest BCUT2D eigenvalue weighted by atomic mass is 35.5. The molecule has 1 saturated carbocycles. The normalized spacial score (nSPS) is 9.66. The summed E-state index contributed by atoms with van der Waals surface area (Å²) in [6.45, 7) is 21.9. The Kier molecular flexibility index (Phi) is 111. The summed E-state index contributed by atoms with van der Waals surface area (Å²) in [5, 5.41) is 2.06. The van der Waals surface area contributed by atoms with Crippen LogP contribution >= 0.6 is 11.6 Å². The van der Waals surface area contributed by atoms with Crippen molar-refractivity contribution < 1.29 is 67.1 Å². The Morgan fingerprint density at radius 2 is 0.942 bits per heavy atom. The second-order valence-electron chi connectivity index (χ2n) is 20.9. The molecule has 3 aromatic carbocycles. The highest BCUT2D eigenvalue weighted by Crippen LogP contribution is 2.25. The van der Waals surface area contributed by atoms with Gasteiger partial charge in [-0.15, -0.1) is 18.2 Å². The maximum Gasteiger partial charge on any atom is 0.328 e. The second kappa shape index (κ2) is 105. The van der Waals surface area contributed by atoms with Crippen LogP contribution in [0.5, 0.6) is 0 Å². The molecule has 1 atom stereocenters. The van der Waals surface area contributed by atoms with Crippen molar-refractivity contribution in [1.29, 1.82) is 0 Å². The SMILES string of the molecule is C=CCN=C=O.CC(C)N=C=O.CCCCCCCCCCCCCCCCCCN=C=O.CCCCN=C=O.CCCN=C=O.CCN=C=O.CCOC(=O)CN=C=O.CN=C=O.C[C@H](N=C=O)c1ccccc1.O=C=NC1CCCCC1.O=C=NCCCl.O=C=Nc1cccc2ccccc12. The average molecular weight is 1450 g/mol. The molecule has 0 amide bonds. The maximum atomic E-state index is 10.3. The van der Waals surface area contributed by atoms with Gasteiger partial charge in [0.25, 0.3) is 0 Å². The van der Waals surface area contributed by atoms with Crippen LogP contribution in [0.25, 0.3) is 10.8 Å². The molecule has 4 rings (SSSR count). The molecule has 26 nitrogen and oxygen atoms in total. The summed E-state index contributed by atoms with van der Waals surface area (Å²) in [6.07, 6.45) is 49.8. The summed E-state index contributed by atoms with van der Waals surface area (Å²) in [4.78, 5) is 164. The molecule has 0 unspecified atom stereocenters. The Balaban J connectivity index is -0.000000165. The second-order valence-corrected chi connectivity index (χ2v) is 21.3. The third-order valence-corrected chi connectivity index (χ3v) is 12.5. The number of halogens is 1. The average Bonchev–Trinajstić information content (AvgIpc) is 0.837. The lowest BCUT2D eigenvalue weighted by atomic mass is 9.96. The first kappa shape index (κ1) is 109. The topological polar surface area (TPSA) is 379 Å². The summed E-state index contributed by atoms with van der Waals surface area (Å²) in [7, 11) is 1.38. The van der Waals surface area contributed by atoms with Crippen LogP contribution in [-0.2, 0) is 67.1 Å². The summed E-state index contributed by atoms with van der Waals surface area (Å²) in [5.41, 5.74) is 1.71. The van der Waals surface area contributed by atoms with Crippen molar-refractivity contribution in [3.05, 3.63) is 91.0 Å². The van der Waals surface area contributed by atoms with Gasteiger partial charge in [-0.3, -0.25) is 4.79 Å². The van der Waals surface area contributed by atoms with Gasteiger partial charge in [0.1, 0.15) is 6.54 Å². The van der Waals surface area contributed by atoms with Crippen LogP contribution in [0.2, 0.25) is 0 Å². The smallest absolute Gasteiger partial charge is 0.328 e. The van der Waals surface area contributed by atoms with E-state index in [-0.39, 0.29) is 18.6 Å². The Bertz CT molecular complexity index is 3050. The molecule has 27 heteroatoms. The first-order chi connectivity index (χ1) is 50.2. The van der Waals surface area contributed by atoms with Gasteiger partial charge in [-0.1, -0.05) is 216 Å². The van der Waals surface area contributed by atoms with Crippen molar-refractivity contribution in [2.45, 2.75) is 228 Å². The number of isocyanates is 12. The Hall–Kier alpha value is -10.0. The molecule has 0 bridgehead atoms. The molecule has 0 radical (unpaired) electrons. The fourth-order valence-corrected chi connectivity index (χ4v) is 7.50. The van der Waals surface area contributed by atoms with Crippen molar-refractivity contribution in [2.24, 2.45) is 59.9 Å². The van der Waals surface area contributed by atoms with E-state index in [1.165, 1.54) is 177 Å². The van der Waals surface area contributed by atoms with Gasteiger partial charge in [-0.05, 0) is 83.7 Å². The lowest BCUT2D eigenvalue weighted by molar-refractivity contribution is -0.141.